The van der Waals surface area contributed by atoms with Gasteiger partial charge in [0.05, 0.1) is 19.3 Å². The van der Waals surface area contributed by atoms with Gasteiger partial charge in [-0.05, 0) is 36.3 Å². The third kappa shape index (κ3) is 5.78. The van der Waals surface area contributed by atoms with E-state index in [2.05, 4.69) is 44.4 Å². The average molecular weight is 397 g/mol. The molecule has 2 aliphatic heterocycles. The quantitative estimate of drug-likeness (QED) is 0.572. The highest BCUT2D eigenvalue weighted by Gasteiger charge is 2.23. The van der Waals surface area contributed by atoms with Crippen LogP contribution in [0.25, 0.3) is 0 Å². The van der Waals surface area contributed by atoms with Crippen molar-refractivity contribution in [3.63, 3.8) is 0 Å². The van der Waals surface area contributed by atoms with Crippen LogP contribution in [-0.4, -0.2) is 68.3 Å². The zero-order valence-electron chi connectivity index (χ0n) is 15.4. The van der Waals surface area contributed by atoms with Crippen molar-refractivity contribution >= 4 is 29.3 Å². The molecule has 0 aliphatic carbocycles. The number of aliphatic imine (C=N–C) groups is 1. The zero-order chi connectivity index (χ0) is 18.2. The molecule has 0 bridgehead atoms. The molecular weight excluding hydrogens is 368 g/mol. The molecule has 1 aromatic carbocycles. The van der Waals surface area contributed by atoms with Gasteiger partial charge in [0.2, 0.25) is 0 Å². The Labute approximate surface area is 165 Å². The minimum Gasteiger partial charge on any atom is -0.379 e. The summed E-state index contributed by atoms with van der Waals surface area (Å²) in [5.74, 6) is 2.16. The van der Waals surface area contributed by atoms with Crippen LogP contribution in [-0.2, 0) is 4.74 Å². The SMILES string of the molecule is CN=C(NCC1CCCS1)NCC(c1cccc(Cl)c1)N1CCOCC1. The van der Waals surface area contributed by atoms with Crippen molar-refractivity contribution in [2.45, 2.75) is 24.1 Å². The second-order valence-corrected chi connectivity index (χ2v) is 8.53. The lowest BCUT2D eigenvalue weighted by Crippen LogP contribution is -2.47. The molecule has 26 heavy (non-hydrogen) atoms. The lowest BCUT2D eigenvalue weighted by Gasteiger charge is -2.35. The Hall–Kier alpha value is -0.950. The minimum atomic E-state index is 0.247. The molecule has 2 aliphatic rings. The molecule has 2 atom stereocenters. The van der Waals surface area contributed by atoms with Gasteiger partial charge in [0.1, 0.15) is 0 Å². The number of rotatable bonds is 6. The molecule has 7 heteroatoms. The van der Waals surface area contributed by atoms with Gasteiger partial charge in [-0.2, -0.15) is 11.8 Å². The molecule has 3 rings (SSSR count). The summed E-state index contributed by atoms with van der Waals surface area (Å²) < 4.78 is 5.53. The second kappa shape index (κ2) is 10.4. The number of hydrogen-bond donors (Lipinski definition) is 2. The first-order valence-electron chi connectivity index (χ1n) is 9.39. The van der Waals surface area contributed by atoms with Gasteiger partial charge in [-0.3, -0.25) is 9.89 Å². The summed E-state index contributed by atoms with van der Waals surface area (Å²) in [5.41, 5.74) is 1.23. The van der Waals surface area contributed by atoms with Crippen LogP contribution in [0, 0.1) is 0 Å². The number of halogens is 1. The largest absolute Gasteiger partial charge is 0.379 e. The molecule has 0 radical (unpaired) electrons. The predicted molar refractivity (Wildman–Crippen MR) is 111 cm³/mol. The van der Waals surface area contributed by atoms with Crippen LogP contribution in [0.5, 0.6) is 0 Å². The smallest absolute Gasteiger partial charge is 0.191 e. The van der Waals surface area contributed by atoms with E-state index in [1.807, 2.05) is 19.2 Å². The van der Waals surface area contributed by atoms with Crippen LogP contribution in [0.15, 0.2) is 29.3 Å². The third-order valence-corrected chi connectivity index (χ3v) is 6.56. The van der Waals surface area contributed by atoms with E-state index < -0.39 is 0 Å². The van der Waals surface area contributed by atoms with Crippen LogP contribution in [0.4, 0.5) is 0 Å². The maximum atomic E-state index is 6.24. The highest BCUT2D eigenvalue weighted by molar-refractivity contribution is 8.00. The second-order valence-electron chi connectivity index (χ2n) is 6.69. The lowest BCUT2D eigenvalue weighted by molar-refractivity contribution is 0.0170. The Morgan fingerprint density at radius 3 is 2.92 bits per heavy atom. The summed E-state index contributed by atoms with van der Waals surface area (Å²) in [6.07, 6.45) is 2.63. The van der Waals surface area contributed by atoms with Gasteiger partial charge in [0, 0.05) is 43.5 Å². The molecule has 2 fully saturated rings. The topological polar surface area (TPSA) is 48.9 Å². The lowest BCUT2D eigenvalue weighted by atomic mass is 10.0. The number of guanidine groups is 1. The Balaban J connectivity index is 1.60. The molecule has 2 saturated heterocycles. The maximum absolute atomic E-state index is 6.24. The van der Waals surface area contributed by atoms with Gasteiger partial charge in [0.15, 0.2) is 5.96 Å². The van der Waals surface area contributed by atoms with Crippen molar-refractivity contribution in [3.8, 4) is 0 Å². The number of morpholine rings is 1. The molecular formula is C19H29ClN4OS. The normalized spacial score (nSPS) is 23.0. The van der Waals surface area contributed by atoms with Crippen molar-refractivity contribution in [2.75, 3.05) is 52.2 Å². The summed E-state index contributed by atoms with van der Waals surface area (Å²) in [7, 11) is 1.83. The molecule has 0 aromatic heterocycles. The van der Waals surface area contributed by atoms with E-state index >= 15 is 0 Å². The fourth-order valence-electron chi connectivity index (χ4n) is 3.49. The van der Waals surface area contributed by atoms with E-state index in [9.17, 15) is 0 Å². The number of nitrogens with zero attached hydrogens (tertiary/aromatic N) is 2. The Bertz CT molecular complexity index is 589. The summed E-state index contributed by atoms with van der Waals surface area (Å²) in [5, 5.41) is 8.48. The van der Waals surface area contributed by atoms with E-state index in [-0.39, 0.29) is 6.04 Å². The monoisotopic (exact) mass is 396 g/mol. The minimum absolute atomic E-state index is 0.247. The summed E-state index contributed by atoms with van der Waals surface area (Å²) in [6.45, 7) is 5.20. The van der Waals surface area contributed by atoms with E-state index in [1.54, 1.807) is 0 Å². The van der Waals surface area contributed by atoms with Gasteiger partial charge < -0.3 is 15.4 Å². The molecule has 0 amide bonds. The van der Waals surface area contributed by atoms with E-state index in [4.69, 9.17) is 16.3 Å². The number of ether oxygens (including phenoxy) is 1. The molecule has 2 unspecified atom stereocenters. The fraction of sp³-hybridized carbons (Fsp3) is 0.632. The van der Waals surface area contributed by atoms with Gasteiger partial charge in [-0.15, -0.1) is 0 Å². The van der Waals surface area contributed by atoms with Gasteiger partial charge in [-0.1, -0.05) is 23.7 Å². The van der Waals surface area contributed by atoms with E-state index in [0.717, 1.165) is 50.4 Å². The standard InChI is InChI=1S/C19H29ClN4OS/c1-21-19(22-13-17-6-3-11-26-17)23-14-18(24-7-9-25-10-8-24)15-4-2-5-16(20)12-15/h2,4-5,12,17-18H,3,6-11,13-14H2,1H3,(H2,21,22,23). The first-order valence-corrected chi connectivity index (χ1v) is 10.8. The highest BCUT2D eigenvalue weighted by Crippen LogP contribution is 2.25. The van der Waals surface area contributed by atoms with Crippen LogP contribution in [0.2, 0.25) is 5.02 Å². The van der Waals surface area contributed by atoms with Gasteiger partial charge in [-0.25, -0.2) is 0 Å². The Morgan fingerprint density at radius 1 is 1.38 bits per heavy atom. The molecule has 5 nitrogen and oxygen atoms in total. The summed E-state index contributed by atoms with van der Waals surface area (Å²) in [4.78, 5) is 6.85. The van der Waals surface area contributed by atoms with Crippen molar-refractivity contribution in [2.24, 2.45) is 4.99 Å². The number of nitrogens with one attached hydrogen (secondary N) is 2. The summed E-state index contributed by atoms with van der Waals surface area (Å²) in [6, 6.07) is 8.41. The Kier molecular flexibility index (Phi) is 7.92. The average Bonchev–Trinajstić information content (AvgIpc) is 3.19. The molecule has 2 N–H and O–H groups in total. The maximum Gasteiger partial charge on any atom is 0.191 e. The number of benzene rings is 1. The van der Waals surface area contributed by atoms with Crippen molar-refractivity contribution in [1.29, 1.82) is 0 Å². The first kappa shape index (κ1) is 19.8. The van der Waals surface area contributed by atoms with Crippen molar-refractivity contribution in [3.05, 3.63) is 34.9 Å². The predicted octanol–water partition coefficient (Wildman–Crippen LogP) is 2.77. The molecule has 0 saturated carbocycles. The molecule has 144 valence electrons. The van der Waals surface area contributed by atoms with Gasteiger partial charge in [0.25, 0.3) is 0 Å². The van der Waals surface area contributed by atoms with E-state index in [1.165, 1.54) is 24.2 Å². The van der Waals surface area contributed by atoms with Gasteiger partial charge >= 0.3 is 0 Å². The first-order chi connectivity index (χ1) is 12.8. The highest BCUT2D eigenvalue weighted by atomic mass is 35.5. The third-order valence-electron chi connectivity index (χ3n) is 4.93. The molecule has 0 spiro atoms. The number of thioether (sulfide) groups is 1. The van der Waals surface area contributed by atoms with Crippen LogP contribution < -0.4 is 10.6 Å². The molecule has 2 heterocycles. The van der Waals surface area contributed by atoms with Crippen LogP contribution >= 0.6 is 23.4 Å². The molecule has 1 aromatic rings. The fourth-order valence-corrected chi connectivity index (χ4v) is 4.89. The van der Waals surface area contributed by atoms with Crippen LogP contribution in [0.3, 0.4) is 0 Å². The Morgan fingerprint density at radius 2 is 2.23 bits per heavy atom. The zero-order valence-corrected chi connectivity index (χ0v) is 17.0. The van der Waals surface area contributed by atoms with E-state index in [0.29, 0.717) is 5.25 Å². The van der Waals surface area contributed by atoms with Crippen molar-refractivity contribution < 1.29 is 4.74 Å². The van der Waals surface area contributed by atoms with Crippen LogP contribution in [0.1, 0.15) is 24.4 Å². The number of hydrogen-bond acceptors (Lipinski definition) is 4. The van der Waals surface area contributed by atoms with Crippen molar-refractivity contribution in [1.82, 2.24) is 15.5 Å². The summed E-state index contributed by atoms with van der Waals surface area (Å²) >= 11 is 8.30.